The zero-order valence-electron chi connectivity index (χ0n) is 18.6. The number of thiophene rings is 1. The maximum Gasteiger partial charge on any atom is 0.326 e. The molecule has 2 aromatic carbocycles. The molecule has 2 amide bonds. The summed E-state index contributed by atoms with van der Waals surface area (Å²) >= 11 is 1.30. The van der Waals surface area contributed by atoms with Gasteiger partial charge in [-0.15, -0.1) is 11.3 Å². The van der Waals surface area contributed by atoms with E-state index in [0.29, 0.717) is 4.88 Å². The van der Waals surface area contributed by atoms with E-state index in [4.69, 9.17) is 0 Å². The lowest BCUT2D eigenvalue weighted by molar-refractivity contribution is -0.142. The fourth-order valence-corrected chi connectivity index (χ4v) is 4.65. The van der Waals surface area contributed by atoms with Gasteiger partial charge in [-0.05, 0) is 28.6 Å². The number of carboxylic acid groups (broad SMARTS) is 1. The molecule has 0 aliphatic rings. The Balaban J connectivity index is 1.57. The van der Waals surface area contributed by atoms with Crippen molar-refractivity contribution < 1.29 is 19.5 Å². The third-order valence-electron chi connectivity index (χ3n) is 5.81. The highest BCUT2D eigenvalue weighted by molar-refractivity contribution is 7.12. The number of carboxylic acids is 1. The zero-order chi connectivity index (χ0) is 24.1. The molecule has 0 fully saturated rings. The molecular formula is C26H25N3O4S. The van der Waals surface area contributed by atoms with Gasteiger partial charge in [-0.1, -0.05) is 54.6 Å². The predicted molar refractivity (Wildman–Crippen MR) is 132 cm³/mol. The molecule has 3 N–H and O–H groups in total. The van der Waals surface area contributed by atoms with E-state index in [1.165, 1.54) is 16.2 Å². The summed E-state index contributed by atoms with van der Waals surface area (Å²) in [5.41, 5.74) is 2.57. The molecular weight excluding hydrogens is 450 g/mol. The Kier molecular flexibility index (Phi) is 7.08. The standard InChI is InChI=1S/C26H25N3O4S/c1-29(25(31)23-12-7-13-34-23)22(14-17-8-3-2-4-9-17)24(30)28-21(26(32)33)15-18-16-27-20-11-6-5-10-19(18)20/h2-13,16,21-22,27H,14-15H2,1H3,(H,28,30)(H,32,33)/t21-,22+/m0/s1. The minimum atomic E-state index is -1.14. The average molecular weight is 476 g/mol. The second-order valence-electron chi connectivity index (χ2n) is 8.06. The highest BCUT2D eigenvalue weighted by Crippen LogP contribution is 2.20. The first kappa shape index (κ1) is 23.3. The molecule has 0 saturated carbocycles. The lowest BCUT2D eigenvalue weighted by atomic mass is 10.0. The molecule has 0 radical (unpaired) electrons. The lowest BCUT2D eigenvalue weighted by Crippen LogP contribution is -2.53. The number of aromatic amines is 1. The summed E-state index contributed by atoms with van der Waals surface area (Å²) in [5.74, 6) is -1.93. The predicted octanol–water partition coefficient (Wildman–Crippen LogP) is 3.72. The number of rotatable bonds is 9. The van der Waals surface area contributed by atoms with E-state index >= 15 is 0 Å². The number of nitrogens with zero attached hydrogens (tertiary/aromatic N) is 1. The lowest BCUT2D eigenvalue weighted by Gasteiger charge is -2.28. The number of H-pyrrole nitrogens is 1. The maximum atomic E-state index is 13.4. The molecule has 0 bridgehead atoms. The number of carbonyl (C=O) groups is 3. The minimum absolute atomic E-state index is 0.117. The molecule has 4 aromatic rings. The van der Waals surface area contributed by atoms with Crippen molar-refractivity contribution in [3.8, 4) is 0 Å². The monoisotopic (exact) mass is 475 g/mol. The molecule has 2 heterocycles. The average Bonchev–Trinajstić information content (AvgIpc) is 3.52. The zero-order valence-corrected chi connectivity index (χ0v) is 19.4. The van der Waals surface area contributed by atoms with Gasteiger partial charge in [0, 0.05) is 37.0 Å². The van der Waals surface area contributed by atoms with Gasteiger partial charge in [0.2, 0.25) is 5.91 Å². The first-order valence-electron chi connectivity index (χ1n) is 10.9. The van der Waals surface area contributed by atoms with Gasteiger partial charge in [0.15, 0.2) is 0 Å². The molecule has 7 nitrogen and oxygen atoms in total. The van der Waals surface area contributed by atoms with E-state index in [-0.39, 0.29) is 18.7 Å². The van der Waals surface area contributed by atoms with E-state index in [9.17, 15) is 19.5 Å². The number of aliphatic carboxylic acids is 1. The van der Waals surface area contributed by atoms with Crippen LogP contribution in [-0.4, -0.2) is 51.9 Å². The molecule has 4 rings (SSSR count). The summed E-state index contributed by atoms with van der Waals surface area (Å²) in [4.78, 5) is 43.5. The van der Waals surface area contributed by atoms with Crippen LogP contribution in [0.2, 0.25) is 0 Å². The van der Waals surface area contributed by atoms with Crippen molar-refractivity contribution in [2.45, 2.75) is 24.9 Å². The Hall–Kier alpha value is -3.91. The van der Waals surface area contributed by atoms with Gasteiger partial charge in [-0.2, -0.15) is 0 Å². The number of aromatic nitrogens is 1. The van der Waals surface area contributed by atoms with E-state index in [2.05, 4.69) is 10.3 Å². The maximum absolute atomic E-state index is 13.4. The van der Waals surface area contributed by atoms with Gasteiger partial charge >= 0.3 is 5.97 Å². The summed E-state index contributed by atoms with van der Waals surface area (Å²) in [6.45, 7) is 0. The smallest absolute Gasteiger partial charge is 0.326 e. The van der Waals surface area contributed by atoms with Crippen molar-refractivity contribution in [2.24, 2.45) is 0 Å². The number of hydrogen-bond acceptors (Lipinski definition) is 4. The van der Waals surface area contributed by atoms with Crippen LogP contribution in [0.15, 0.2) is 78.3 Å². The van der Waals surface area contributed by atoms with Crippen LogP contribution in [0.5, 0.6) is 0 Å². The second-order valence-corrected chi connectivity index (χ2v) is 9.01. The van der Waals surface area contributed by atoms with Gasteiger partial charge < -0.3 is 20.3 Å². The van der Waals surface area contributed by atoms with Crippen molar-refractivity contribution in [1.29, 1.82) is 0 Å². The molecule has 8 heteroatoms. The number of likely N-dealkylation sites (N-methyl/N-ethyl adjacent to an activating group) is 1. The second kappa shape index (κ2) is 10.4. The van der Waals surface area contributed by atoms with Crippen LogP contribution in [0.1, 0.15) is 20.8 Å². The molecule has 0 spiro atoms. The molecule has 2 atom stereocenters. The molecule has 34 heavy (non-hydrogen) atoms. The Morgan fingerprint density at radius 2 is 1.74 bits per heavy atom. The van der Waals surface area contributed by atoms with E-state index in [1.54, 1.807) is 30.8 Å². The molecule has 2 aromatic heterocycles. The van der Waals surface area contributed by atoms with Crippen LogP contribution >= 0.6 is 11.3 Å². The number of hydrogen-bond donors (Lipinski definition) is 3. The number of amides is 2. The number of carbonyl (C=O) groups excluding carboxylic acids is 2. The van der Waals surface area contributed by atoms with Gasteiger partial charge in [0.1, 0.15) is 12.1 Å². The summed E-state index contributed by atoms with van der Waals surface area (Å²) < 4.78 is 0. The van der Waals surface area contributed by atoms with Gasteiger partial charge in [-0.25, -0.2) is 4.79 Å². The Morgan fingerprint density at radius 3 is 2.44 bits per heavy atom. The minimum Gasteiger partial charge on any atom is -0.480 e. The molecule has 0 saturated heterocycles. The fourth-order valence-electron chi connectivity index (χ4n) is 3.95. The molecule has 0 unspecified atom stereocenters. The van der Waals surface area contributed by atoms with Crippen molar-refractivity contribution in [1.82, 2.24) is 15.2 Å². The van der Waals surface area contributed by atoms with Crippen LogP contribution in [0.3, 0.4) is 0 Å². The summed E-state index contributed by atoms with van der Waals surface area (Å²) in [7, 11) is 1.57. The fraction of sp³-hybridized carbons (Fsp3) is 0.192. The molecule has 0 aliphatic heterocycles. The molecule has 174 valence electrons. The Bertz CT molecular complexity index is 1280. The van der Waals surface area contributed by atoms with Crippen molar-refractivity contribution >= 4 is 40.0 Å². The largest absolute Gasteiger partial charge is 0.480 e. The third-order valence-corrected chi connectivity index (χ3v) is 6.67. The van der Waals surface area contributed by atoms with Gasteiger partial charge in [0.25, 0.3) is 5.91 Å². The summed E-state index contributed by atoms with van der Waals surface area (Å²) in [6, 6.07) is 18.4. The number of para-hydroxylation sites is 1. The van der Waals surface area contributed by atoms with Crippen LogP contribution in [0.25, 0.3) is 10.9 Å². The SMILES string of the molecule is CN(C(=O)c1cccs1)[C@H](Cc1ccccc1)C(=O)N[C@@H](Cc1c[nH]c2ccccc12)C(=O)O. The van der Waals surface area contributed by atoms with Gasteiger partial charge in [0.05, 0.1) is 4.88 Å². The summed E-state index contributed by atoms with van der Waals surface area (Å²) in [6.07, 6.45) is 2.14. The topological polar surface area (TPSA) is 103 Å². The van der Waals surface area contributed by atoms with Gasteiger partial charge in [-0.3, -0.25) is 9.59 Å². The highest BCUT2D eigenvalue weighted by Gasteiger charge is 2.31. The number of fused-ring (bicyclic) bond motifs is 1. The third kappa shape index (κ3) is 5.18. The van der Waals surface area contributed by atoms with Crippen LogP contribution in [-0.2, 0) is 22.4 Å². The van der Waals surface area contributed by atoms with E-state index < -0.39 is 24.0 Å². The van der Waals surface area contributed by atoms with Crippen LogP contribution in [0, 0.1) is 0 Å². The normalized spacial score (nSPS) is 12.7. The first-order valence-corrected chi connectivity index (χ1v) is 11.7. The summed E-state index contributed by atoms with van der Waals surface area (Å²) in [5, 5.41) is 15.2. The van der Waals surface area contributed by atoms with Crippen molar-refractivity contribution in [2.75, 3.05) is 7.05 Å². The number of nitrogens with one attached hydrogen (secondary N) is 2. The quantitative estimate of drug-likeness (QED) is 0.343. The molecule has 0 aliphatic carbocycles. The Labute approximate surface area is 201 Å². The highest BCUT2D eigenvalue weighted by atomic mass is 32.1. The van der Waals surface area contributed by atoms with E-state index in [0.717, 1.165) is 22.0 Å². The van der Waals surface area contributed by atoms with Crippen molar-refractivity contribution in [3.05, 3.63) is 94.3 Å². The van der Waals surface area contributed by atoms with Crippen LogP contribution < -0.4 is 5.32 Å². The first-order chi connectivity index (χ1) is 16.4. The Morgan fingerprint density at radius 1 is 1.00 bits per heavy atom. The van der Waals surface area contributed by atoms with Crippen LogP contribution in [0.4, 0.5) is 0 Å². The van der Waals surface area contributed by atoms with Crippen molar-refractivity contribution in [3.63, 3.8) is 0 Å². The number of benzene rings is 2. The van der Waals surface area contributed by atoms with E-state index in [1.807, 2.05) is 54.6 Å².